The van der Waals surface area contributed by atoms with Crippen LogP contribution in [0.25, 0.3) is 6.08 Å². The van der Waals surface area contributed by atoms with Crippen LogP contribution >= 0.6 is 45.2 Å². The second-order valence-corrected chi connectivity index (χ2v) is 8.96. The van der Waals surface area contributed by atoms with Gasteiger partial charge in [-0.05, 0) is 88.4 Å². The molecule has 0 fully saturated rings. The first kappa shape index (κ1) is 23.3. The van der Waals surface area contributed by atoms with Crippen LogP contribution in [0.4, 0.5) is 5.69 Å². The number of ether oxygens (including phenoxy) is 2. The molecule has 31 heavy (non-hydrogen) atoms. The first-order chi connectivity index (χ1) is 14.7. The zero-order valence-corrected chi connectivity index (χ0v) is 20.8. The summed E-state index contributed by atoms with van der Waals surface area (Å²) in [5, 5.41) is 11.2. The number of carbonyl (C=O) groups excluding carboxylic acids is 2. The number of aliphatic imine (C=N–C) groups is 1. The molecule has 0 aliphatic carbocycles. The largest absolute Gasteiger partial charge is 0.424 e. The van der Waals surface area contributed by atoms with Gasteiger partial charge in [-0.25, -0.2) is 9.79 Å². The van der Waals surface area contributed by atoms with E-state index >= 15 is 0 Å². The van der Waals surface area contributed by atoms with Crippen molar-refractivity contribution in [2.24, 2.45) is 4.99 Å². The van der Waals surface area contributed by atoms with Crippen molar-refractivity contribution in [3.05, 3.63) is 70.0 Å². The molecule has 0 atom stereocenters. The van der Waals surface area contributed by atoms with E-state index in [4.69, 9.17) is 9.47 Å². The van der Waals surface area contributed by atoms with Crippen LogP contribution in [0.5, 0.6) is 5.75 Å². The maximum atomic E-state index is 12.3. The molecular formula is C21H16I2N2O6. The van der Waals surface area contributed by atoms with E-state index in [1.54, 1.807) is 37.3 Å². The van der Waals surface area contributed by atoms with Gasteiger partial charge in [-0.2, -0.15) is 0 Å². The number of halogens is 2. The van der Waals surface area contributed by atoms with Crippen molar-refractivity contribution in [2.45, 2.75) is 26.7 Å². The molecule has 1 heterocycles. The molecule has 0 bridgehead atoms. The first-order valence-corrected chi connectivity index (χ1v) is 11.3. The van der Waals surface area contributed by atoms with Crippen molar-refractivity contribution < 1.29 is 24.0 Å². The van der Waals surface area contributed by atoms with Crippen LogP contribution in [0.3, 0.4) is 0 Å². The molecule has 0 saturated heterocycles. The molecule has 1 aliphatic rings. The topological polar surface area (TPSA) is 108 Å². The maximum Gasteiger partial charge on any atom is 0.363 e. The molecule has 0 radical (unpaired) electrons. The highest BCUT2D eigenvalue weighted by molar-refractivity contribution is 14.1. The van der Waals surface area contributed by atoms with Crippen LogP contribution in [0.2, 0.25) is 0 Å². The Hall–Kier alpha value is -2.35. The van der Waals surface area contributed by atoms with Gasteiger partial charge in [0.2, 0.25) is 5.90 Å². The van der Waals surface area contributed by atoms with Gasteiger partial charge in [0.15, 0.2) is 11.4 Å². The van der Waals surface area contributed by atoms with E-state index in [1.807, 2.05) is 6.92 Å². The summed E-state index contributed by atoms with van der Waals surface area (Å²) in [6.07, 6.45) is 2.58. The lowest BCUT2D eigenvalue weighted by molar-refractivity contribution is -0.385. The van der Waals surface area contributed by atoms with E-state index in [9.17, 15) is 19.7 Å². The van der Waals surface area contributed by atoms with Gasteiger partial charge >= 0.3 is 11.9 Å². The number of rotatable bonds is 6. The number of hydrogen-bond donors (Lipinski definition) is 0. The normalized spacial score (nSPS) is 14.4. The summed E-state index contributed by atoms with van der Waals surface area (Å²) >= 11 is 4.13. The SMILES string of the molecule is CCCC(=O)Oc1c(I)cc(/C=C2\N=C(c3ccc(C)c([N+](=O)[O-])c3)OC2=O)cc1I. The van der Waals surface area contributed by atoms with Crippen molar-refractivity contribution in [1.82, 2.24) is 0 Å². The highest BCUT2D eigenvalue weighted by Crippen LogP contribution is 2.31. The van der Waals surface area contributed by atoms with Crippen molar-refractivity contribution >= 4 is 74.8 Å². The molecule has 0 spiro atoms. The zero-order valence-electron chi connectivity index (χ0n) is 16.5. The molecule has 10 heteroatoms. The predicted molar refractivity (Wildman–Crippen MR) is 131 cm³/mol. The third-order valence-electron chi connectivity index (χ3n) is 4.27. The molecule has 8 nitrogen and oxygen atoms in total. The van der Waals surface area contributed by atoms with Gasteiger partial charge in [-0.1, -0.05) is 13.0 Å². The quantitative estimate of drug-likeness (QED) is 0.107. The minimum absolute atomic E-state index is 0.00820. The molecule has 0 unspecified atom stereocenters. The van der Waals surface area contributed by atoms with Crippen molar-refractivity contribution in [1.29, 1.82) is 0 Å². The number of benzene rings is 2. The fourth-order valence-electron chi connectivity index (χ4n) is 2.76. The molecule has 160 valence electrons. The molecular weight excluding hydrogens is 630 g/mol. The fraction of sp³-hybridized carbons (Fsp3) is 0.190. The third kappa shape index (κ3) is 5.47. The monoisotopic (exact) mass is 646 g/mol. The highest BCUT2D eigenvalue weighted by atomic mass is 127. The van der Waals surface area contributed by atoms with E-state index in [2.05, 4.69) is 50.2 Å². The summed E-state index contributed by atoms with van der Waals surface area (Å²) in [5.74, 6) is -0.465. The minimum atomic E-state index is -0.651. The Bertz CT molecular complexity index is 1130. The van der Waals surface area contributed by atoms with E-state index in [0.717, 1.165) is 0 Å². The Morgan fingerprint density at radius 2 is 1.94 bits per heavy atom. The Morgan fingerprint density at radius 1 is 1.26 bits per heavy atom. The molecule has 0 saturated carbocycles. The third-order valence-corrected chi connectivity index (χ3v) is 5.87. The molecule has 2 aromatic rings. The van der Waals surface area contributed by atoms with Gasteiger partial charge < -0.3 is 9.47 Å². The van der Waals surface area contributed by atoms with Gasteiger partial charge in [-0.3, -0.25) is 14.9 Å². The Kier molecular flexibility index (Phi) is 7.41. The maximum absolute atomic E-state index is 12.3. The zero-order chi connectivity index (χ0) is 22.7. The summed E-state index contributed by atoms with van der Waals surface area (Å²) in [7, 11) is 0. The van der Waals surface area contributed by atoms with Crippen molar-refractivity contribution in [3.8, 4) is 5.75 Å². The van der Waals surface area contributed by atoms with Crippen LogP contribution in [-0.4, -0.2) is 22.8 Å². The number of nitro benzene ring substituents is 1. The Morgan fingerprint density at radius 3 is 2.55 bits per heavy atom. The number of aryl methyl sites for hydroxylation is 1. The van der Waals surface area contributed by atoms with E-state index < -0.39 is 10.9 Å². The average molecular weight is 646 g/mol. The van der Waals surface area contributed by atoms with Crippen LogP contribution in [-0.2, 0) is 14.3 Å². The minimum Gasteiger partial charge on any atom is -0.424 e. The average Bonchev–Trinajstić information content (AvgIpc) is 3.05. The van der Waals surface area contributed by atoms with Gasteiger partial charge in [0, 0.05) is 23.6 Å². The second-order valence-electron chi connectivity index (χ2n) is 6.63. The summed E-state index contributed by atoms with van der Waals surface area (Å²) in [5.41, 5.74) is 1.51. The van der Waals surface area contributed by atoms with Crippen LogP contribution in [0.15, 0.2) is 41.0 Å². The summed E-state index contributed by atoms with van der Waals surface area (Å²) in [6.45, 7) is 3.53. The van der Waals surface area contributed by atoms with Crippen LogP contribution in [0, 0.1) is 24.2 Å². The van der Waals surface area contributed by atoms with Crippen molar-refractivity contribution in [2.75, 3.05) is 0 Å². The number of carbonyl (C=O) groups is 2. The molecule has 3 rings (SSSR count). The number of nitro groups is 1. The highest BCUT2D eigenvalue weighted by Gasteiger charge is 2.26. The van der Waals surface area contributed by atoms with Gasteiger partial charge in [0.1, 0.15) is 0 Å². The standard InChI is InChI=1S/C21H16I2N2O6/c1-3-4-18(26)30-19-14(22)7-12(8-15(19)23)9-16-21(27)31-20(24-16)13-6-5-11(2)17(10-13)25(28)29/h5-10H,3-4H2,1-2H3/b16-9-. The molecule has 2 aromatic carbocycles. The molecule has 0 N–H and O–H groups in total. The Balaban J connectivity index is 1.91. The van der Waals surface area contributed by atoms with Gasteiger partial charge in [0.25, 0.3) is 5.69 Å². The number of nitrogens with zero attached hydrogens (tertiary/aromatic N) is 2. The van der Waals surface area contributed by atoms with E-state index in [-0.39, 0.29) is 23.3 Å². The summed E-state index contributed by atoms with van der Waals surface area (Å²) in [6, 6.07) is 8.05. The smallest absolute Gasteiger partial charge is 0.363 e. The van der Waals surface area contributed by atoms with Crippen molar-refractivity contribution in [3.63, 3.8) is 0 Å². The van der Waals surface area contributed by atoms with Gasteiger partial charge in [0.05, 0.1) is 12.1 Å². The number of esters is 2. The summed E-state index contributed by atoms with van der Waals surface area (Å²) < 4.78 is 12.1. The molecule has 1 aliphatic heterocycles. The number of hydrogen-bond acceptors (Lipinski definition) is 7. The van der Waals surface area contributed by atoms with E-state index in [0.29, 0.717) is 42.4 Å². The lowest BCUT2D eigenvalue weighted by Gasteiger charge is -2.09. The lowest BCUT2D eigenvalue weighted by Crippen LogP contribution is -2.09. The number of cyclic esters (lactones) is 1. The fourth-order valence-corrected chi connectivity index (χ4v) is 4.80. The predicted octanol–water partition coefficient (Wildman–Crippen LogP) is 5.16. The van der Waals surface area contributed by atoms with Gasteiger partial charge in [-0.15, -0.1) is 0 Å². The lowest BCUT2D eigenvalue weighted by atomic mass is 10.1. The Labute approximate surface area is 205 Å². The van der Waals surface area contributed by atoms with Crippen LogP contribution in [0.1, 0.15) is 36.5 Å². The summed E-state index contributed by atoms with van der Waals surface area (Å²) in [4.78, 5) is 39.0. The molecule has 0 amide bonds. The molecule has 0 aromatic heterocycles. The first-order valence-electron chi connectivity index (χ1n) is 9.17. The van der Waals surface area contributed by atoms with Crippen LogP contribution < -0.4 is 4.74 Å². The van der Waals surface area contributed by atoms with E-state index in [1.165, 1.54) is 6.07 Å². The second kappa shape index (κ2) is 9.85.